The van der Waals surface area contributed by atoms with Crippen molar-refractivity contribution < 1.29 is 43.0 Å². The highest BCUT2D eigenvalue weighted by Crippen LogP contribution is 2.16. The quantitative estimate of drug-likeness (QED) is 0.240. The van der Waals surface area contributed by atoms with E-state index in [0.29, 0.717) is 6.20 Å². The summed E-state index contributed by atoms with van der Waals surface area (Å²) < 4.78 is 19.6. The zero-order valence-electron chi connectivity index (χ0n) is 14.1. The number of nitro groups is 1. The SMILES string of the molecule is CC(=O)OCC(OC(C)=O)C(OC(C)=O)C(C=C[N+](=O)[O-])OC(C)=O. The monoisotopic (exact) mass is 361 g/mol. The number of hydrogen-bond donors (Lipinski definition) is 0. The van der Waals surface area contributed by atoms with Gasteiger partial charge in [-0.25, -0.2) is 0 Å². The summed E-state index contributed by atoms with van der Waals surface area (Å²) in [5.41, 5.74) is 0. The third-order valence-electron chi connectivity index (χ3n) is 2.46. The van der Waals surface area contributed by atoms with Crippen molar-refractivity contribution in [2.24, 2.45) is 0 Å². The van der Waals surface area contributed by atoms with Crippen molar-refractivity contribution >= 4 is 23.9 Å². The predicted octanol–water partition coefficient (Wildman–Crippen LogP) is 0.135. The maximum Gasteiger partial charge on any atom is 0.303 e. The van der Waals surface area contributed by atoms with Gasteiger partial charge in [0.05, 0.1) is 4.92 Å². The molecule has 0 N–H and O–H groups in total. The molecule has 0 fully saturated rings. The van der Waals surface area contributed by atoms with E-state index in [0.717, 1.165) is 33.8 Å². The van der Waals surface area contributed by atoms with E-state index in [4.69, 9.17) is 18.9 Å². The molecule has 0 aliphatic rings. The van der Waals surface area contributed by atoms with Gasteiger partial charge in [0.2, 0.25) is 6.20 Å². The van der Waals surface area contributed by atoms with Crippen LogP contribution in [0.2, 0.25) is 0 Å². The van der Waals surface area contributed by atoms with Gasteiger partial charge in [0.25, 0.3) is 0 Å². The Labute approximate surface area is 143 Å². The molecule has 140 valence electrons. The maximum atomic E-state index is 11.3. The second kappa shape index (κ2) is 10.7. The minimum Gasteiger partial charge on any atom is -0.462 e. The molecule has 0 amide bonds. The molecule has 0 saturated carbocycles. The molecule has 0 aliphatic heterocycles. The van der Waals surface area contributed by atoms with Crippen LogP contribution in [-0.2, 0) is 38.1 Å². The summed E-state index contributed by atoms with van der Waals surface area (Å²) in [6, 6.07) is 0. The molecule has 0 heterocycles. The van der Waals surface area contributed by atoms with Crippen molar-refractivity contribution in [2.75, 3.05) is 6.61 Å². The minimum absolute atomic E-state index is 0.473. The van der Waals surface area contributed by atoms with E-state index in [2.05, 4.69) is 0 Å². The van der Waals surface area contributed by atoms with Crippen molar-refractivity contribution in [2.45, 2.75) is 46.0 Å². The Kier molecular flexibility index (Phi) is 9.45. The molecule has 0 spiro atoms. The Morgan fingerprint density at radius 3 is 1.84 bits per heavy atom. The van der Waals surface area contributed by atoms with E-state index in [-0.39, 0.29) is 0 Å². The highest BCUT2D eigenvalue weighted by Gasteiger charge is 2.37. The molecule has 11 nitrogen and oxygen atoms in total. The van der Waals surface area contributed by atoms with Gasteiger partial charge in [-0.3, -0.25) is 29.3 Å². The highest BCUT2D eigenvalue weighted by atomic mass is 16.6. The van der Waals surface area contributed by atoms with E-state index in [9.17, 15) is 29.3 Å². The van der Waals surface area contributed by atoms with Gasteiger partial charge in [0, 0.05) is 33.8 Å². The van der Waals surface area contributed by atoms with Gasteiger partial charge < -0.3 is 18.9 Å². The van der Waals surface area contributed by atoms with Crippen LogP contribution in [-0.4, -0.2) is 53.7 Å². The van der Waals surface area contributed by atoms with Crippen LogP contribution in [0.4, 0.5) is 0 Å². The van der Waals surface area contributed by atoms with Crippen LogP contribution in [0.3, 0.4) is 0 Å². The van der Waals surface area contributed by atoms with Crippen LogP contribution in [0, 0.1) is 10.1 Å². The van der Waals surface area contributed by atoms with E-state index < -0.39 is 53.7 Å². The molecule has 0 aromatic rings. The van der Waals surface area contributed by atoms with E-state index in [1.54, 1.807) is 0 Å². The molecule has 0 rings (SSSR count). The smallest absolute Gasteiger partial charge is 0.303 e. The summed E-state index contributed by atoms with van der Waals surface area (Å²) in [6.07, 6.45) is -2.96. The molecule has 0 saturated heterocycles. The topological polar surface area (TPSA) is 148 Å². The third kappa shape index (κ3) is 10.4. The number of rotatable bonds is 9. The van der Waals surface area contributed by atoms with Crippen LogP contribution in [0.5, 0.6) is 0 Å². The Morgan fingerprint density at radius 1 is 0.920 bits per heavy atom. The summed E-state index contributed by atoms with van der Waals surface area (Å²) in [7, 11) is 0. The molecule has 0 bridgehead atoms. The van der Waals surface area contributed by atoms with Crippen molar-refractivity contribution in [3.8, 4) is 0 Å². The summed E-state index contributed by atoms with van der Waals surface area (Å²) in [4.78, 5) is 54.5. The van der Waals surface area contributed by atoms with Gasteiger partial charge in [-0.05, 0) is 0 Å². The number of nitrogens with zero attached hydrogens (tertiary/aromatic N) is 1. The summed E-state index contributed by atoms with van der Waals surface area (Å²) in [5.74, 6) is -3.17. The molecular formula is C14H19NO10. The van der Waals surface area contributed by atoms with Crippen molar-refractivity contribution in [3.05, 3.63) is 22.4 Å². The molecule has 3 atom stereocenters. The van der Waals surface area contributed by atoms with Crippen molar-refractivity contribution in [3.63, 3.8) is 0 Å². The van der Waals surface area contributed by atoms with Crippen LogP contribution in [0.25, 0.3) is 0 Å². The summed E-state index contributed by atoms with van der Waals surface area (Å²) in [6.45, 7) is 3.70. The second-order valence-corrected chi connectivity index (χ2v) is 4.73. The lowest BCUT2D eigenvalue weighted by Crippen LogP contribution is -2.46. The molecule has 0 aromatic carbocycles. The summed E-state index contributed by atoms with van der Waals surface area (Å²) in [5, 5.41) is 10.5. The zero-order chi connectivity index (χ0) is 19.6. The standard InChI is InChI=1S/C14H19NO10/c1-8(16)22-7-13(24-10(3)18)14(25-11(4)19)12(23-9(2)17)5-6-15(20)21/h5-6,12-14H,7H2,1-4H3. The summed E-state index contributed by atoms with van der Waals surface area (Å²) >= 11 is 0. The lowest BCUT2D eigenvalue weighted by molar-refractivity contribution is -0.403. The minimum atomic E-state index is -1.47. The number of esters is 4. The van der Waals surface area contributed by atoms with Gasteiger partial charge in [-0.15, -0.1) is 0 Å². The fraction of sp³-hybridized carbons (Fsp3) is 0.571. The molecule has 25 heavy (non-hydrogen) atoms. The normalized spacial score (nSPS) is 14.1. The van der Waals surface area contributed by atoms with Gasteiger partial charge in [-0.2, -0.15) is 0 Å². The van der Waals surface area contributed by atoms with E-state index in [1.807, 2.05) is 0 Å². The molecule has 3 unspecified atom stereocenters. The number of ether oxygens (including phenoxy) is 4. The van der Waals surface area contributed by atoms with E-state index >= 15 is 0 Å². The average molecular weight is 361 g/mol. The first-order chi connectivity index (χ1) is 11.5. The highest BCUT2D eigenvalue weighted by molar-refractivity contribution is 5.69. The molecular weight excluding hydrogens is 342 g/mol. The zero-order valence-corrected chi connectivity index (χ0v) is 14.1. The van der Waals surface area contributed by atoms with Crippen LogP contribution in [0.1, 0.15) is 27.7 Å². The lowest BCUT2D eigenvalue weighted by atomic mass is 10.1. The number of carbonyl (C=O) groups excluding carboxylic acids is 4. The lowest BCUT2D eigenvalue weighted by Gasteiger charge is -2.29. The van der Waals surface area contributed by atoms with Crippen LogP contribution >= 0.6 is 0 Å². The van der Waals surface area contributed by atoms with Gasteiger partial charge in [-0.1, -0.05) is 0 Å². The largest absolute Gasteiger partial charge is 0.462 e. The van der Waals surface area contributed by atoms with Gasteiger partial charge in [0.15, 0.2) is 18.3 Å². The Bertz CT molecular complexity index is 556. The molecule has 11 heteroatoms. The van der Waals surface area contributed by atoms with Gasteiger partial charge in [0.1, 0.15) is 6.61 Å². The second-order valence-electron chi connectivity index (χ2n) is 4.73. The Hall–Kier alpha value is -2.98. The average Bonchev–Trinajstić information content (AvgIpc) is 2.44. The first-order valence-electron chi connectivity index (χ1n) is 6.99. The molecule has 0 radical (unpaired) electrons. The fourth-order valence-electron chi connectivity index (χ4n) is 1.72. The Morgan fingerprint density at radius 2 is 1.44 bits per heavy atom. The molecule has 0 aliphatic carbocycles. The van der Waals surface area contributed by atoms with Crippen LogP contribution in [0.15, 0.2) is 12.3 Å². The predicted molar refractivity (Wildman–Crippen MR) is 79.4 cm³/mol. The Balaban J connectivity index is 5.72. The van der Waals surface area contributed by atoms with Crippen LogP contribution < -0.4 is 0 Å². The first kappa shape index (κ1) is 22.0. The first-order valence-corrected chi connectivity index (χ1v) is 6.99. The fourth-order valence-corrected chi connectivity index (χ4v) is 1.72. The number of carbonyl (C=O) groups is 4. The van der Waals surface area contributed by atoms with Crippen molar-refractivity contribution in [1.29, 1.82) is 0 Å². The van der Waals surface area contributed by atoms with Gasteiger partial charge >= 0.3 is 23.9 Å². The molecule has 0 aromatic heterocycles. The number of hydrogen-bond acceptors (Lipinski definition) is 10. The maximum absolute atomic E-state index is 11.3. The third-order valence-corrected chi connectivity index (χ3v) is 2.46. The van der Waals surface area contributed by atoms with E-state index in [1.165, 1.54) is 0 Å². The van der Waals surface area contributed by atoms with Crippen molar-refractivity contribution in [1.82, 2.24) is 0 Å².